The highest BCUT2D eigenvalue weighted by Crippen LogP contribution is 2.30. The first kappa shape index (κ1) is 12.7. The van der Waals surface area contributed by atoms with Gasteiger partial charge in [0.15, 0.2) is 5.16 Å². The third-order valence-electron chi connectivity index (χ3n) is 1.95. The smallest absolute Gasteiger partial charge is 0.384 e. The Labute approximate surface area is 104 Å². The summed E-state index contributed by atoms with van der Waals surface area (Å²) in [6.07, 6.45) is -1.40. The average molecular weight is 275 g/mol. The second kappa shape index (κ2) is 4.48. The van der Waals surface area contributed by atoms with Crippen LogP contribution in [0.2, 0.25) is 0 Å². The van der Waals surface area contributed by atoms with E-state index < -0.39 is 12.0 Å². The highest BCUT2D eigenvalue weighted by atomic mass is 32.2. The Morgan fingerprint density at radius 1 is 1.33 bits per heavy atom. The molecule has 0 amide bonds. The van der Waals surface area contributed by atoms with Crippen molar-refractivity contribution in [3.8, 4) is 0 Å². The number of nitrogens with zero attached hydrogens (tertiary/aromatic N) is 4. The molecule has 96 valence electrons. The van der Waals surface area contributed by atoms with Crippen LogP contribution in [0.4, 0.5) is 19.0 Å². The lowest BCUT2D eigenvalue weighted by Gasteiger charge is -2.07. The molecule has 0 spiro atoms. The number of nitrogen functional groups attached to an aromatic ring is 1. The van der Waals surface area contributed by atoms with Crippen molar-refractivity contribution in [1.29, 1.82) is 0 Å². The van der Waals surface area contributed by atoms with Crippen LogP contribution in [0.1, 0.15) is 5.82 Å². The first-order valence-electron chi connectivity index (χ1n) is 4.73. The standard InChI is InChI=1S/C9H8F3N5S/c1-17-3-2-14-8(17)18-6-4-5(13)15-7(16-6)9(10,11)12/h2-4H,1H3,(H2,13,15,16). The second-order valence-corrected chi connectivity index (χ2v) is 4.36. The molecule has 2 aromatic heterocycles. The SMILES string of the molecule is Cn1ccnc1Sc1cc(N)nc(C(F)(F)F)n1. The van der Waals surface area contributed by atoms with Crippen molar-refractivity contribution in [1.82, 2.24) is 19.5 Å². The average Bonchev–Trinajstić information content (AvgIpc) is 2.62. The van der Waals surface area contributed by atoms with E-state index in [0.717, 1.165) is 11.8 Å². The van der Waals surface area contributed by atoms with Gasteiger partial charge in [0, 0.05) is 25.5 Å². The van der Waals surface area contributed by atoms with Crippen LogP contribution in [0, 0.1) is 0 Å². The lowest BCUT2D eigenvalue weighted by Crippen LogP contribution is -2.12. The fourth-order valence-electron chi connectivity index (χ4n) is 1.17. The van der Waals surface area contributed by atoms with Crippen LogP contribution in [0.3, 0.4) is 0 Å². The molecular formula is C9H8F3N5S. The summed E-state index contributed by atoms with van der Waals surface area (Å²) < 4.78 is 39.1. The van der Waals surface area contributed by atoms with Crippen LogP contribution in [-0.4, -0.2) is 19.5 Å². The largest absolute Gasteiger partial charge is 0.451 e. The Morgan fingerprint density at radius 2 is 2.06 bits per heavy atom. The Balaban J connectivity index is 2.35. The van der Waals surface area contributed by atoms with E-state index in [9.17, 15) is 13.2 Å². The topological polar surface area (TPSA) is 69.6 Å². The summed E-state index contributed by atoms with van der Waals surface area (Å²) >= 11 is 0.986. The zero-order chi connectivity index (χ0) is 13.3. The number of aryl methyl sites for hydroxylation is 1. The zero-order valence-corrected chi connectivity index (χ0v) is 9.96. The van der Waals surface area contributed by atoms with Crippen LogP contribution in [-0.2, 0) is 13.2 Å². The molecule has 0 aliphatic carbocycles. The molecule has 2 rings (SSSR count). The van der Waals surface area contributed by atoms with Crippen LogP contribution in [0.15, 0.2) is 28.6 Å². The fraction of sp³-hybridized carbons (Fsp3) is 0.222. The lowest BCUT2D eigenvalue weighted by molar-refractivity contribution is -0.145. The maximum atomic E-state index is 12.5. The number of imidazole rings is 1. The summed E-state index contributed by atoms with van der Waals surface area (Å²) in [6.45, 7) is 0. The second-order valence-electron chi connectivity index (χ2n) is 3.38. The molecule has 0 bridgehead atoms. The Morgan fingerprint density at radius 3 is 2.61 bits per heavy atom. The number of alkyl halides is 3. The number of halogens is 3. The molecule has 2 heterocycles. The van der Waals surface area contributed by atoms with E-state index in [1.807, 2.05) is 0 Å². The van der Waals surface area contributed by atoms with Gasteiger partial charge < -0.3 is 10.3 Å². The van der Waals surface area contributed by atoms with Gasteiger partial charge in [0.2, 0.25) is 5.82 Å². The molecule has 0 fully saturated rings. The van der Waals surface area contributed by atoms with Crippen LogP contribution >= 0.6 is 11.8 Å². The van der Waals surface area contributed by atoms with Crippen molar-refractivity contribution in [3.05, 3.63) is 24.3 Å². The van der Waals surface area contributed by atoms with Crippen LogP contribution in [0.5, 0.6) is 0 Å². The van der Waals surface area contributed by atoms with E-state index >= 15 is 0 Å². The van der Waals surface area contributed by atoms with E-state index in [0.29, 0.717) is 5.16 Å². The third-order valence-corrected chi connectivity index (χ3v) is 2.94. The molecule has 2 N–H and O–H groups in total. The molecule has 0 saturated carbocycles. The van der Waals surface area contributed by atoms with Gasteiger partial charge in [-0.15, -0.1) is 0 Å². The van der Waals surface area contributed by atoms with Crippen molar-refractivity contribution in [2.75, 3.05) is 5.73 Å². The highest BCUT2D eigenvalue weighted by molar-refractivity contribution is 7.99. The first-order chi connectivity index (χ1) is 8.36. The predicted molar refractivity (Wildman–Crippen MR) is 58.8 cm³/mol. The van der Waals surface area contributed by atoms with Gasteiger partial charge in [-0.1, -0.05) is 0 Å². The summed E-state index contributed by atoms with van der Waals surface area (Å²) in [5, 5.41) is 0.616. The van der Waals surface area contributed by atoms with Crippen LogP contribution in [0.25, 0.3) is 0 Å². The molecule has 2 aromatic rings. The van der Waals surface area contributed by atoms with Crippen molar-refractivity contribution in [2.45, 2.75) is 16.4 Å². The van der Waals surface area contributed by atoms with Gasteiger partial charge in [0.1, 0.15) is 10.8 Å². The Bertz CT molecular complexity index is 566. The van der Waals surface area contributed by atoms with Gasteiger partial charge in [-0.3, -0.25) is 0 Å². The number of rotatable bonds is 2. The van der Waals surface area contributed by atoms with E-state index in [-0.39, 0.29) is 10.8 Å². The molecule has 0 atom stereocenters. The normalized spacial score (nSPS) is 11.8. The van der Waals surface area contributed by atoms with E-state index in [1.54, 1.807) is 17.8 Å². The molecule has 0 radical (unpaired) electrons. The van der Waals surface area contributed by atoms with Crippen molar-refractivity contribution >= 4 is 17.6 Å². The maximum absolute atomic E-state index is 12.5. The minimum absolute atomic E-state index is 0.101. The Hall–Kier alpha value is -1.77. The van der Waals surface area contributed by atoms with Crippen molar-refractivity contribution < 1.29 is 13.2 Å². The van der Waals surface area contributed by atoms with Crippen molar-refractivity contribution in [3.63, 3.8) is 0 Å². The minimum Gasteiger partial charge on any atom is -0.384 e. The van der Waals surface area contributed by atoms with Crippen LogP contribution < -0.4 is 5.73 Å². The summed E-state index contributed by atoms with van der Waals surface area (Å²) in [7, 11) is 1.73. The molecule has 0 saturated heterocycles. The third kappa shape index (κ3) is 2.73. The Kier molecular flexibility index (Phi) is 3.16. The van der Waals surface area contributed by atoms with E-state index in [2.05, 4.69) is 15.0 Å². The monoisotopic (exact) mass is 275 g/mol. The van der Waals surface area contributed by atoms with Gasteiger partial charge in [0.25, 0.3) is 0 Å². The minimum atomic E-state index is -4.62. The quantitative estimate of drug-likeness (QED) is 0.848. The summed E-state index contributed by atoms with van der Waals surface area (Å²) in [5.41, 5.74) is 5.33. The summed E-state index contributed by atoms with van der Waals surface area (Å²) in [6, 6.07) is 1.27. The zero-order valence-electron chi connectivity index (χ0n) is 9.14. The molecule has 0 aliphatic heterocycles. The van der Waals surface area contributed by atoms with Gasteiger partial charge in [-0.05, 0) is 11.8 Å². The number of anilines is 1. The highest BCUT2D eigenvalue weighted by Gasteiger charge is 2.35. The van der Waals surface area contributed by atoms with Gasteiger partial charge in [-0.2, -0.15) is 13.2 Å². The molecule has 18 heavy (non-hydrogen) atoms. The molecule has 0 unspecified atom stereocenters. The maximum Gasteiger partial charge on any atom is 0.451 e. The number of hydrogen-bond acceptors (Lipinski definition) is 5. The fourth-order valence-corrected chi connectivity index (χ4v) is 1.98. The number of hydrogen-bond donors (Lipinski definition) is 1. The summed E-state index contributed by atoms with van der Waals surface area (Å²) in [5.74, 6) is -1.48. The number of nitrogens with two attached hydrogens (primary N) is 1. The lowest BCUT2D eigenvalue weighted by atomic mass is 10.5. The van der Waals surface area contributed by atoms with Gasteiger partial charge in [-0.25, -0.2) is 15.0 Å². The molecule has 0 aromatic carbocycles. The van der Waals surface area contributed by atoms with Crippen molar-refractivity contribution in [2.24, 2.45) is 7.05 Å². The first-order valence-corrected chi connectivity index (χ1v) is 5.55. The number of aromatic nitrogens is 4. The predicted octanol–water partition coefficient (Wildman–Crippen LogP) is 1.96. The molecular weight excluding hydrogens is 267 g/mol. The van der Waals surface area contributed by atoms with Gasteiger partial charge >= 0.3 is 6.18 Å². The van der Waals surface area contributed by atoms with E-state index in [4.69, 9.17) is 5.73 Å². The molecule has 0 aliphatic rings. The van der Waals surface area contributed by atoms with E-state index in [1.165, 1.54) is 12.3 Å². The molecule has 9 heteroatoms. The molecule has 5 nitrogen and oxygen atoms in total. The van der Waals surface area contributed by atoms with Gasteiger partial charge in [0.05, 0.1) is 0 Å². The summed E-state index contributed by atoms with van der Waals surface area (Å²) in [4.78, 5) is 10.5.